The summed E-state index contributed by atoms with van der Waals surface area (Å²) in [6, 6.07) is 23.6. The maximum Gasteiger partial charge on any atom is 0.251 e. The van der Waals surface area contributed by atoms with Crippen molar-refractivity contribution in [3.63, 3.8) is 0 Å². The van der Waals surface area contributed by atoms with Gasteiger partial charge in [-0.25, -0.2) is 0 Å². The van der Waals surface area contributed by atoms with E-state index in [-0.39, 0.29) is 11.6 Å². The largest absolute Gasteiger partial charge is 0.304 e. The smallest absolute Gasteiger partial charge is 0.251 e. The van der Waals surface area contributed by atoms with Crippen LogP contribution >= 0.6 is 0 Å². The van der Waals surface area contributed by atoms with E-state index >= 15 is 0 Å². The predicted octanol–water partition coefficient (Wildman–Crippen LogP) is 3.79. The first-order chi connectivity index (χ1) is 10.3. The Morgan fingerprint density at radius 1 is 0.762 bits per heavy atom. The topological polar surface area (TPSA) is 22.0 Å². The zero-order valence-electron chi connectivity index (χ0n) is 11.9. The molecule has 21 heavy (non-hydrogen) atoms. The van der Waals surface area contributed by atoms with Crippen molar-refractivity contribution in [2.45, 2.75) is 13.0 Å². The lowest BCUT2D eigenvalue weighted by atomic mass is 9.98. The fraction of sp³-hybridized carbons (Fsp3) is 0.105. The van der Waals surface area contributed by atoms with Crippen LogP contribution in [0.1, 0.15) is 22.7 Å². The van der Waals surface area contributed by atoms with Crippen LogP contribution in [0.15, 0.2) is 83.8 Å². The summed E-state index contributed by atoms with van der Waals surface area (Å²) < 4.78 is 1.81. The second kappa shape index (κ2) is 5.80. The van der Waals surface area contributed by atoms with Gasteiger partial charge in [-0.2, -0.15) is 0 Å². The first-order valence-corrected chi connectivity index (χ1v) is 7.04. The van der Waals surface area contributed by atoms with Gasteiger partial charge in [0, 0.05) is 12.3 Å². The molecule has 1 aromatic heterocycles. The molecule has 3 rings (SSSR count). The lowest BCUT2D eigenvalue weighted by Crippen LogP contribution is -2.25. The number of aryl methyl sites for hydroxylation is 1. The van der Waals surface area contributed by atoms with E-state index in [4.69, 9.17) is 0 Å². The molecule has 0 unspecified atom stereocenters. The minimum absolute atomic E-state index is 0.0123. The van der Waals surface area contributed by atoms with E-state index in [1.165, 1.54) is 0 Å². The quantitative estimate of drug-likeness (QED) is 0.712. The molecule has 3 aromatic rings. The maximum atomic E-state index is 12.3. The zero-order chi connectivity index (χ0) is 14.7. The lowest BCUT2D eigenvalue weighted by Gasteiger charge is -2.21. The van der Waals surface area contributed by atoms with Crippen LogP contribution in [0.3, 0.4) is 0 Å². The van der Waals surface area contributed by atoms with E-state index in [0.29, 0.717) is 0 Å². The molecule has 0 spiro atoms. The minimum atomic E-state index is -0.0974. The van der Waals surface area contributed by atoms with Crippen LogP contribution in [0, 0.1) is 6.92 Å². The monoisotopic (exact) mass is 275 g/mol. The molecule has 0 fully saturated rings. The first kappa shape index (κ1) is 13.4. The minimum Gasteiger partial charge on any atom is -0.304 e. The van der Waals surface area contributed by atoms with Gasteiger partial charge < -0.3 is 4.57 Å². The Kier molecular flexibility index (Phi) is 3.69. The summed E-state index contributed by atoms with van der Waals surface area (Å²) in [7, 11) is 0. The van der Waals surface area contributed by atoms with Gasteiger partial charge in [0.1, 0.15) is 0 Å². The highest BCUT2D eigenvalue weighted by molar-refractivity contribution is 5.33. The van der Waals surface area contributed by atoms with Gasteiger partial charge >= 0.3 is 0 Å². The van der Waals surface area contributed by atoms with Crippen LogP contribution in [0.4, 0.5) is 0 Å². The molecule has 2 aromatic carbocycles. The van der Waals surface area contributed by atoms with Crippen LogP contribution in [-0.2, 0) is 0 Å². The first-order valence-electron chi connectivity index (χ1n) is 7.04. The molecule has 0 radical (unpaired) electrons. The van der Waals surface area contributed by atoms with Crippen molar-refractivity contribution >= 4 is 0 Å². The third-order valence-corrected chi connectivity index (χ3v) is 3.59. The van der Waals surface area contributed by atoms with Crippen molar-refractivity contribution in [2.75, 3.05) is 0 Å². The molecule has 2 nitrogen and oxygen atoms in total. The molecule has 1 heterocycles. The Balaban J connectivity index is 2.22. The molecule has 104 valence electrons. The van der Waals surface area contributed by atoms with E-state index in [9.17, 15) is 4.79 Å². The number of nitrogens with zero attached hydrogens (tertiary/aromatic N) is 1. The second-order valence-corrected chi connectivity index (χ2v) is 5.18. The summed E-state index contributed by atoms with van der Waals surface area (Å²) in [6.45, 7) is 2.00. The van der Waals surface area contributed by atoms with Crippen molar-refractivity contribution in [3.8, 4) is 0 Å². The van der Waals surface area contributed by atoms with Crippen LogP contribution in [0.2, 0.25) is 0 Å². The zero-order valence-corrected chi connectivity index (χ0v) is 11.9. The Hall–Kier alpha value is -2.61. The van der Waals surface area contributed by atoms with Gasteiger partial charge in [0.25, 0.3) is 5.56 Å². The van der Waals surface area contributed by atoms with Crippen molar-refractivity contribution in [3.05, 3.63) is 106 Å². The molecular formula is C19H17NO. The summed E-state index contributed by atoms with van der Waals surface area (Å²) in [4.78, 5) is 12.3. The number of aromatic nitrogens is 1. The summed E-state index contributed by atoms with van der Waals surface area (Å²) in [5.41, 5.74) is 3.30. The highest BCUT2D eigenvalue weighted by atomic mass is 16.1. The molecule has 0 saturated carbocycles. The molecule has 0 bridgehead atoms. The Morgan fingerprint density at radius 3 is 1.81 bits per heavy atom. The van der Waals surface area contributed by atoms with E-state index in [1.54, 1.807) is 10.6 Å². The third kappa shape index (κ3) is 2.79. The Labute approximate surface area is 124 Å². The highest BCUT2D eigenvalue weighted by Crippen LogP contribution is 2.25. The average Bonchev–Trinajstić information content (AvgIpc) is 2.53. The molecule has 2 heteroatoms. The number of hydrogen-bond acceptors (Lipinski definition) is 1. The second-order valence-electron chi connectivity index (χ2n) is 5.18. The number of hydrogen-bond donors (Lipinski definition) is 0. The van der Waals surface area contributed by atoms with Crippen LogP contribution in [0.25, 0.3) is 0 Å². The van der Waals surface area contributed by atoms with Gasteiger partial charge in [-0.3, -0.25) is 4.79 Å². The number of benzene rings is 2. The molecule has 0 aliphatic carbocycles. The van der Waals surface area contributed by atoms with Crippen molar-refractivity contribution in [1.82, 2.24) is 4.57 Å². The summed E-state index contributed by atoms with van der Waals surface area (Å²) in [6.07, 6.45) is 1.92. The van der Waals surface area contributed by atoms with Crippen molar-refractivity contribution in [1.29, 1.82) is 0 Å². The van der Waals surface area contributed by atoms with Gasteiger partial charge in [0.15, 0.2) is 0 Å². The maximum absolute atomic E-state index is 12.3. The van der Waals surface area contributed by atoms with Gasteiger partial charge in [-0.05, 0) is 23.6 Å². The molecule has 0 aliphatic rings. The molecule has 0 saturated heterocycles. The lowest BCUT2D eigenvalue weighted by molar-refractivity contribution is 0.647. The van der Waals surface area contributed by atoms with Gasteiger partial charge in [0.2, 0.25) is 0 Å². The van der Waals surface area contributed by atoms with Gasteiger partial charge in [0.05, 0.1) is 6.04 Å². The standard InChI is InChI=1S/C19H17NO/c1-15-12-13-18(21)20(14-15)19(16-8-4-2-5-9-16)17-10-6-3-7-11-17/h2-14,19H,1H3. The number of rotatable bonds is 3. The fourth-order valence-corrected chi connectivity index (χ4v) is 2.60. The average molecular weight is 275 g/mol. The molecule has 0 aliphatic heterocycles. The van der Waals surface area contributed by atoms with E-state index in [0.717, 1.165) is 16.7 Å². The molecule has 0 amide bonds. The van der Waals surface area contributed by atoms with Crippen molar-refractivity contribution < 1.29 is 0 Å². The summed E-state index contributed by atoms with van der Waals surface area (Å²) >= 11 is 0. The predicted molar refractivity (Wildman–Crippen MR) is 85.6 cm³/mol. The van der Waals surface area contributed by atoms with E-state index in [2.05, 4.69) is 24.3 Å². The SMILES string of the molecule is Cc1ccc(=O)n(C(c2ccccc2)c2ccccc2)c1. The summed E-state index contributed by atoms with van der Waals surface area (Å²) in [5.74, 6) is 0. The van der Waals surface area contributed by atoms with Crippen LogP contribution < -0.4 is 5.56 Å². The van der Waals surface area contributed by atoms with Gasteiger partial charge in [-0.1, -0.05) is 66.7 Å². The fourth-order valence-electron chi connectivity index (χ4n) is 2.60. The third-order valence-electron chi connectivity index (χ3n) is 3.59. The molecule has 0 N–H and O–H groups in total. The van der Waals surface area contributed by atoms with Crippen LogP contribution in [0.5, 0.6) is 0 Å². The van der Waals surface area contributed by atoms with Crippen LogP contribution in [-0.4, -0.2) is 4.57 Å². The molecular weight excluding hydrogens is 258 g/mol. The Morgan fingerprint density at radius 2 is 1.29 bits per heavy atom. The van der Waals surface area contributed by atoms with Crippen molar-refractivity contribution in [2.24, 2.45) is 0 Å². The van der Waals surface area contributed by atoms with Gasteiger partial charge in [-0.15, -0.1) is 0 Å². The van der Waals surface area contributed by atoms with E-state index < -0.39 is 0 Å². The summed E-state index contributed by atoms with van der Waals surface area (Å²) in [5, 5.41) is 0. The van der Waals surface area contributed by atoms with E-state index in [1.807, 2.05) is 55.6 Å². The Bertz CT molecular complexity index is 736. The highest BCUT2D eigenvalue weighted by Gasteiger charge is 2.16. The molecule has 0 atom stereocenters. The normalized spacial score (nSPS) is 10.8. The number of pyridine rings is 1.